The molecule has 0 aromatic carbocycles. The van der Waals surface area contributed by atoms with E-state index in [9.17, 15) is 9.59 Å². The fourth-order valence-corrected chi connectivity index (χ4v) is 2.43. The topological polar surface area (TPSA) is 60.9 Å². The lowest BCUT2D eigenvalue weighted by molar-refractivity contribution is -0.133. The van der Waals surface area contributed by atoms with E-state index in [1.165, 1.54) is 12.8 Å². The van der Waals surface area contributed by atoms with Crippen molar-refractivity contribution in [3.63, 3.8) is 0 Å². The number of hydrogen-bond donors (Lipinski definition) is 1. The highest BCUT2D eigenvalue weighted by molar-refractivity contribution is 8.00. The molecule has 17 heavy (non-hydrogen) atoms. The predicted octanol–water partition coefficient (Wildman–Crippen LogP) is 0.358. The zero-order valence-electron chi connectivity index (χ0n) is 10.2. The largest absolute Gasteiger partial charge is 0.481 e. The number of amides is 1. The minimum absolute atomic E-state index is 0.00823. The molecule has 1 fully saturated rings. The van der Waals surface area contributed by atoms with E-state index < -0.39 is 5.97 Å². The first-order valence-corrected chi connectivity index (χ1v) is 7.01. The lowest BCUT2D eigenvalue weighted by atomic mass is 10.4. The minimum Gasteiger partial charge on any atom is -0.481 e. The summed E-state index contributed by atoms with van der Waals surface area (Å²) >= 11 is 1.15. The van der Waals surface area contributed by atoms with Crippen LogP contribution in [-0.4, -0.2) is 71.5 Å². The number of aliphatic carboxylic acids is 1. The predicted molar refractivity (Wildman–Crippen MR) is 68.3 cm³/mol. The first-order valence-electron chi connectivity index (χ1n) is 5.85. The number of carbonyl (C=O) groups excluding carboxylic acids is 1. The molecule has 0 aliphatic carbocycles. The van der Waals surface area contributed by atoms with Crippen LogP contribution in [0.4, 0.5) is 0 Å². The van der Waals surface area contributed by atoms with Gasteiger partial charge in [0.15, 0.2) is 0 Å². The maximum Gasteiger partial charge on any atom is 0.313 e. The van der Waals surface area contributed by atoms with Gasteiger partial charge in [-0.1, -0.05) is 0 Å². The van der Waals surface area contributed by atoms with E-state index in [2.05, 4.69) is 4.90 Å². The molecule has 1 heterocycles. The Hall–Kier alpha value is -0.750. The summed E-state index contributed by atoms with van der Waals surface area (Å²) in [6.45, 7) is 3.92. The average Bonchev–Trinajstić information content (AvgIpc) is 2.78. The van der Waals surface area contributed by atoms with E-state index in [-0.39, 0.29) is 17.4 Å². The first-order chi connectivity index (χ1) is 8.09. The van der Waals surface area contributed by atoms with Gasteiger partial charge in [-0.05, 0) is 25.9 Å². The van der Waals surface area contributed by atoms with Crippen LogP contribution in [0.3, 0.4) is 0 Å². The van der Waals surface area contributed by atoms with Gasteiger partial charge in [0.1, 0.15) is 0 Å². The number of carboxylic acids is 1. The van der Waals surface area contributed by atoms with E-state index in [4.69, 9.17) is 5.11 Å². The van der Waals surface area contributed by atoms with Crippen LogP contribution in [0, 0.1) is 0 Å². The Morgan fingerprint density at radius 2 is 1.94 bits per heavy atom. The van der Waals surface area contributed by atoms with Crippen LogP contribution in [0.25, 0.3) is 0 Å². The monoisotopic (exact) mass is 260 g/mol. The van der Waals surface area contributed by atoms with Crippen molar-refractivity contribution >= 4 is 23.6 Å². The second kappa shape index (κ2) is 7.55. The molecule has 5 nitrogen and oxygen atoms in total. The van der Waals surface area contributed by atoms with E-state index in [1.807, 2.05) is 0 Å². The van der Waals surface area contributed by atoms with Crippen LogP contribution in [0.5, 0.6) is 0 Å². The molecule has 1 rings (SSSR count). The molecule has 0 atom stereocenters. The summed E-state index contributed by atoms with van der Waals surface area (Å²) in [5.74, 6) is -0.618. The summed E-state index contributed by atoms with van der Waals surface area (Å²) in [7, 11) is 1.78. The first kappa shape index (κ1) is 14.3. The van der Waals surface area contributed by atoms with Gasteiger partial charge >= 0.3 is 5.97 Å². The van der Waals surface area contributed by atoms with Crippen molar-refractivity contribution in [2.24, 2.45) is 0 Å². The number of hydrogen-bond acceptors (Lipinski definition) is 4. The molecule has 1 aliphatic rings. The van der Waals surface area contributed by atoms with Crippen molar-refractivity contribution in [3.05, 3.63) is 0 Å². The third kappa shape index (κ3) is 5.93. The highest BCUT2D eigenvalue weighted by Gasteiger charge is 2.14. The van der Waals surface area contributed by atoms with E-state index in [0.29, 0.717) is 0 Å². The Labute approximate surface area is 106 Å². The van der Waals surface area contributed by atoms with Crippen molar-refractivity contribution in [3.8, 4) is 0 Å². The minimum atomic E-state index is -0.873. The van der Waals surface area contributed by atoms with Crippen molar-refractivity contribution in [1.82, 2.24) is 9.80 Å². The fraction of sp³-hybridized carbons (Fsp3) is 0.818. The lowest BCUT2D eigenvalue weighted by Gasteiger charge is -2.21. The van der Waals surface area contributed by atoms with Gasteiger partial charge in [-0.3, -0.25) is 9.59 Å². The summed E-state index contributed by atoms with van der Waals surface area (Å²) in [6.07, 6.45) is 2.51. The molecule has 0 bridgehead atoms. The third-order valence-corrected chi connectivity index (χ3v) is 3.73. The Kier molecular flexibility index (Phi) is 6.36. The van der Waals surface area contributed by atoms with Gasteiger partial charge < -0.3 is 14.9 Å². The number of nitrogens with zero attached hydrogens (tertiary/aromatic N) is 2. The zero-order chi connectivity index (χ0) is 12.7. The molecule has 0 aromatic heterocycles. The second-order valence-corrected chi connectivity index (χ2v) is 5.24. The van der Waals surface area contributed by atoms with Gasteiger partial charge in [0.25, 0.3) is 0 Å². The maximum atomic E-state index is 11.6. The van der Waals surface area contributed by atoms with Crippen molar-refractivity contribution in [2.75, 3.05) is 44.7 Å². The Balaban J connectivity index is 2.10. The summed E-state index contributed by atoms with van der Waals surface area (Å²) in [5, 5.41) is 8.46. The molecule has 0 unspecified atom stereocenters. The van der Waals surface area contributed by atoms with Crippen LogP contribution in [-0.2, 0) is 9.59 Å². The van der Waals surface area contributed by atoms with Gasteiger partial charge in [0.05, 0.1) is 11.5 Å². The normalized spacial score (nSPS) is 16.1. The number of rotatable bonds is 7. The summed E-state index contributed by atoms with van der Waals surface area (Å²) in [6, 6.07) is 0. The highest BCUT2D eigenvalue weighted by Crippen LogP contribution is 2.07. The van der Waals surface area contributed by atoms with Gasteiger partial charge in [-0.25, -0.2) is 0 Å². The molecule has 1 aliphatic heterocycles. The molecular weight excluding hydrogens is 240 g/mol. The summed E-state index contributed by atoms with van der Waals surface area (Å²) in [5.41, 5.74) is 0. The van der Waals surface area contributed by atoms with E-state index in [1.54, 1.807) is 11.9 Å². The molecule has 0 spiro atoms. The molecule has 0 radical (unpaired) electrons. The van der Waals surface area contributed by atoms with Crippen molar-refractivity contribution in [2.45, 2.75) is 12.8 Å². The molecule has 0 aromatic rings. The van der Waals surface area contributed by atoms with Crippen molar-refractivity contribution < 1.29 is 14.7 Å². The Morgan fingerprint density at radius 1 is 1.29 bits per heavy atom. The van der Waals surface area contributed by atoms with Crippen LogP contribution < -0.4 is 0 Å². The standard InChI is InChI=1S/C11H20N2O3S/c1-12(6-7-13-4-2-3-5-13)10(14)8-17-9-11(15)16/h2-9H2,1H3,(H,15,16). The maximum absolute atomic E-state index is 11.6. The van der Waals surface area contributed by atoms with Gasteiger partial charge in [-0.2, -0.15) is 0 Å². The molecular formula is C11H20N2O3S. The number of likely N-dealkylation sites (N-methyl/N-ethyl adjacent to an activating group) is 1. The molecule has 98 valence electrons. The van der Waals surface area contributed by atoms with E-state index in [0.717, 1.165) is 37.9 Å². The van der Waals surface area contributed by atoms with Crippen LogP contribution in [0.15, 0.2) is 0 Å². The van der Waals surface area contributed by atoms with Gasteiger partial charge in [0, 0.05) is 20.1 Å². The van der Waals surface area contributed by atoms with Crippen LogP contribution in [0.1, 0.15) is 12.8 Å². The Morgan fingerprint density at radius 3 is 2.53 bits per heavy atom. The fourth-order valence-electron chi connectivity index (χ4n) is 1.76. The molecule has 1 saturated heterocycles. The smallest absolute Gasteiger partial charge is 0.313 e. The van der Waals surface area contributed by atoms with Crippen molar-refractivity contribution in [1.29, 1.82) is 0 Å². The van der Waals surface area contributed by atoms with Gasteiger partial charge in [-0.15, -0.1) is 11.8 Å². The molecule has 6 heteroatoms. The average molecular weight is 260 g/mol. The number of thioether (sulfide) groups is 1. The molecule has 1 amide bonds. The summed E-state index contributed by atoms with van der Waals surface area (Å²) < 4.78 is 0. The van der Waals surface area contributed by atoms with Gasteiger partial charge in [0.2, 0.25) is 5.91 Å². The highest BCUT2D eigenvalue weighted by atomic mass is 32.2. The number of carboxylic acid groups (broad SMARTS) is 1. The van der Waals surface area contributed by atoms with Crippen LogP contribution in [0.2, 0.25) is 0 Å². The SMILES string of the molecule is CN(CCN1CCCC1)C(=O)CSCC(=O)O. The zero-order valence-corrected chi connectivity index (χ0v) is 11.0. The number of carbonyl (C=O) groups is 2. The Bertz CT molecular complexity index is 267. The van der Waals surface area contributed by atoms with E-state index >= 15 is 0 Å². The third-order valence-electron chi connectivity index (χ3n) is 2.83. The quantitative estimate of drug-likeness (QED) is 0.716. The lowest BCUT2D eigenvalue weighted by Crippen LogP contribution is -2.36. The number of likely N-dealkylation sites (tertiary alicyclic amines) is 1. The molecule has 1 N–H and O–H groups in total. The summed E-state index contributed by atoms with van der Waals surface area (Å²) in [4.78, 5) is 26.0. The van der Waals surface area contributed by atoms with Crippen LogP contribution >= 0.6 is 11.8 Å². The second-order valence-electron chi connectivity index (χ2n) is 4.25. The molecule has 0 saturated carbocycles.